The molecule has 0 aromatic carbocycles. The van der Waals surface area contributed by atoms with Gasteiger partial charge in [-0.05, 0) is 19.6 Å². The van der Waals surface area contributed by atoms with E-state index in [0.29, 0.717) is 0 Å². The van der Waals surface area contributed by atoms with Crippen molar-refractivity contribution in [1.82, 2.24) is 4.90 Å². The van der Waals surface area contributed by atoms with Crippen LogP contribution in [0.5, 0.6) is 0 Å². The van der Waals surface area contributed by atoms with Crippen molar-refractivity contribution in [1.29, 1.82) is 0 Å². The second-order valence-corrected chi connectivity index (χ2v) is 9.47. The molecular weight excluding hydrogens is 327 g/mol. The molecule has 0 amide bonds. The predicted octanol–water partition coefficient (Wildman–Crippen LogP) is 1.78. The van der Waals surface area contributed by atoms with Gasteiger partial charge < -0.3 is 24.5 Å². The van der Waals surface area contributed by atoms with Crippen LogP contribution in [-0.4, -0.2) is 47.9 Å². The lowest BCUT2D eigenvalue weighted by Crippen LogP contribution is -2.21. The topological polar surface area (TPSA) is 118 Å². The molecule has 0 aromatic rings. The quantitative estimate of drug-likeness (QED) is 0.443. The Hall–Kier alpha value is 0.840. The summed E-state index contributed by atoms with van der Waals surface area (Å²) in [6, 6.07) is 0. The Bertz CT molecular complexity index is 294. The van der Waals surface area contributed by atoms with E-state index in [2.05, 4.69) is 25.7 Å². The minimum atomic E-state index is -5.22. The number of hydrogen-bond acceptors (Lipinski definition) is 3. The molecule has 7 nitrogen and oxygen atoms in total. The first-order chi connectivity index (χ1) is 7.85. The number of halogens is 2. The first kappa shape index (κ1) is 21.1. The van der Waals surface area contributed by atoms with Crippen molar-refractivity contribution in [3.8, 4) is 0 Å². The van der Waals surface area contributed by atoms with Crippen molar-refractivity contribution in [3.63, 3.8) is 0 Å². The lowest BCUT2D eigenvalue weighted by Gasteiger charge is -2.20. The SMILES string of the molecule is CCN(CC)CC.O=P(O)(O)C(Cl)(Cl)P(=O)(O)O. The van der Waals surface area contributed by atoms with Crippen LogP contribution in [0.25, 0.3) is 0 Å². The largest absolute Gasteiger partial charge is 0.373 e. The van der Waals surface area contributed by atoms with Crippen LogP contribution in [0.4, 0.5) is 0 Å². The van der Waals surface area contributed by atoms with Gasteiger partial charge >= 0.3 is 19.0 Å². The summed E-state index contributed by atoms with van der Waals surface area (Å²) in [4.78, 5) is 35.3. The minimum absolute atomic E-state index is 1.19. The molecule has 11 heteroatoms. The molecule has 0 saturated heterocycles. The van der Waals surface area contributed by atoms with E-state index in [1.807, 2.05) is 0 Å². The summed E-state index contributed by atoms with van der Waals surface area (Å²) >= 11 is 9.46. The van der Waals surface area contributed by atoms with Gasteiger partial charge in [0, 0.05) is 0 Å². The van der Waals surface area contributed by atoms with Gasteiger partial charge in [-0.1, -0.05) is 44.0 Å². The van der Waals surface area contributed by atoms with Crippen molar-refractivity contribution in [2.24, 2.45) is 0 Å². The Morgan fingerprint density at radius 3 is 1.11 bits per heavy atom. The number of rotatable bonds is 5. The molecule has 0 aromatic heterocycles. The standard InChI is InChI=1S/C6H15N.CH4Cl2O6P2/c1-4-7(5-2)6-3;2-1(3,10(4,5)6)11(7,8)9/h4-6H2,1-3H3;(H2,4,5,6)(H2,7,8,9). The Kier molecular flexibility index (Phi) is 9.63. The molecule has 18 heavy (non-hydrogen) atoms. The summed E-state index contributed by atoms with van der Waals surface area (Å²) in [5, 5.41) is 0. The highest BCUT2D eigenvalue weighted by molar-refractivity contribution is 7.78. The van der Waals surface area contributed by atoms with Crippen LogP contribution in [0.1, 0.15) is 20.8 Å². The van der Waals surface area contributed by atoms with E-state index in [0.717, 1.165) is 0 Å². The highest BCUT2D eigenvalue weighted by atomic mass is 35.5. The minimum Gasteiger partial charge on any atom is -0.322 e. The molecular formula is C7H19Cl2NO6P2. The van der Waals surface area contributed by atoms with E-state index in [-0.39, 0.29) is 0 Å². The first-order valence-electron chi connectivity index (χ1n) is 5.06. The lowest BCUT2D eigenvalue weighted by molar-refractivity contribution is 0.321. The Morgan fingerprint density at radius 2 is 1.11 bits per heavy atom. The van der Waals surface area contributed by atoms with Crippen molar-refractivity contribution >= 4 is 38.4 Å². The third kappa shape index (κ3) is 6.85. The first-order valence-corrected chi connectivity index (χ1v) is 9.04. The van der Waals surface area contributed by atoms with Gasteiger partial charge in [0.25, 0.3) is 0 Å². The van der Waals surface area contributed by atoms with Gasteiger partial charge in [0.2, 0.25) is 0 Å². The van der Waals surface area contributed by atoms with Crippen LogP contribution in [0.15, 0.2) is 0 Å². The second kappa shape index (κ2) is 8.20. The maximum atomic E-state index is 10.2. The fourth-order valence-electron chi connectivity index (χ4n) is 0.841. The summed E-state index contributed by atoms with van der Waals surface area (Å²) in [6.45, 7) is 10.1. The Morgan fingerprint density at radius 1 is 0.889 bits per heavy atom. The van der Waals surface area contributed by atoms with Crippen molar-refractivity contribution in [3.05, 3.63) is 0 Å². The third-order valence-corrected chi connectivity index (χ3v) is 7.65. The molecule has 0 saturated carbocycles. The third-order valence-electron chi connectivity index (χ3n) is 2.04. The maximum Gasteiger partial charge on any atom is 0.373 e. The Labute approximate surface area is 116 Å². The molecule has 0 heterocycles. The summed E-state index contributed by atoms with van der Waals surface area (Å²) in [7, 11) is -10.4. The molecule has 0 radical (unpaired) electrons. The van der Waals surface area contributed by atoms with Crippen molar-refractivity contribution in [2.75, 3.05) is 19.6 Å². The molecule has 0 aliphatic heterocycles. The number of nitrogens with zero attached hydrogens (tertiary/aromatic N) is 1. The fourth-order valence-corrected chi connectivity index (χ4v) is 2.20. The van der Waals surface area contributed by atoms with Crippen LogP contribution in [0.2, 0.25) is 0 Å². The molecule has 0 rings (SSSR count). The molecule has 0 aliphatic rings. The van der Waals surface area contributed by atoms with Crippen LogP contribution in [0, 0.1) is 0 Å². The average Bonchev–Trinajstić information content (AvgIpc) is 2.18. The lowest BCUT2D eigenvalue weighted by atomic mass is 10.5. The van der Waals surface area contributed by atoms with E-state index in [9.17, 15) is 9.13 Å². The highest BCUT2D eigenvalue weighted by Crippen LogP contribution is 2.73. The van der Waals surface area contributed by atoms with E-state index >= 15 is 0 Å². The smallest absolute Gasteiger partial charge is 0.322 e. The highest BCUT2D eigenvalue weighted by Gasteiger charge is 2.58. The zero-order chi connectivity index (χ0) is 15.2. The molecule has 4 N–H and O–H groups in total. The number of alkyl halides is 2. The van der Waals surface area contributed by atoms with E-state index in [1.165, 1.54) is 19.6 Å². The summed E-state index contributed by atoms with van der Waals surface area (Å²) in [5.74, 6) is 0. The normalized spacial score (nSPS) is 13.2. The van der Waals surface area contributed by atoms with Gasteiger partial charge in [-0.25, -0.2) is 0 Å². The molecule has 0 fully saturated rings. The van der Waals surface area contributed by atoms with Crippen LogP contribution in [-0.2, 0) is 9.13 Å². The molecule has 0 unspecified atom stereocenters. The van der Waals surface area contributed by atoms with Gasteiger partial charge in [-0.2, -0.15) is 0 Å². The van der Waals surface area contributed by atoms with Gasteiger partial charge in [-0.3, -0.25) is 9.13 Å². The van der Waals surface area contributed by atoms with Crippen LogP contribution in [0.3, 0.4) is 0 Å². The van der Waals surface area contributed by atoms with Crippen molar-refractivity contribution < 1.29 is 28.7 Å². The second-order valence-electron chi connectivity index (χ2n) is 3.22. The van der Waals surface area contributed by atoms with E-state index in [1.54, 1.807) is 0 Å². The van der Waals surface area contributed by atoms with E-state index in [4.69, 9.17) is 42.8 Å². The Balaban J connectivity index is 0. The molecule has 112 valence electrons. The van der Waals surface area contributed by atoms with Gasteiger partial charge in [0.15, 0.2) is 0 Å². The zero-order valence-electron chi connectivity index (χ0n) is 10.3. The van der Waals surface area contributed by atoms with Crippen molar-refractivity contribution in [2.45, 2.75) is 24.6 Å². The summed E-state index contributed by atoms with van der Waals surface area (Å²) < 4.78 is 17.1. The molecule has 0 spiro atoms. The summed E-state index contributed by atoms with van der Waals surface area (Å²) in [5.41, 5.74) is 0. The van der Waals surface area contributed by atoms with Gasteiger partial charge in [0.1, 0.15) is 0 Å². The predicted molar refractivity (Wildman–Crippen MR) is 72.0 cm³/mol. The molecule has 0 bridgehead atoms. The molecule has 0 aliphatic carbocycles. The fraction of sp³-hybridized carbons (Fsp3) is 1.00. The average molecular weight is 346 g/mol. The van der Waals surface area contributed by atoms with Gasteiger partial charge in [-0.15, -0.1) is 0 Å². The monoisotopic (exact) mass is 345 g/mol. The number of hydrogen-bond donors (Lipinski definition) is 4. The summed E-state index contributed by atoms with van der Waals surface area (Å²) in [6.07, 6.45) is 0. The zero-order valence-corrected chi connectivity index (χ0v) is 13.6. The maximum absolute atomic E-state index is 10.2. The van der Waals surface area contributed by atoms with E-state index < -0.39 is 19.0 Å². The van der Waals surface area contributed by atoms with Crippen LogP contribution >= 0.6 is 38.4 Å². The molecule has 0 atom stereocenters. The van der Waals surface area contributed by atoms with Gasteiger partial charge in [0.05, 0.1) is 0 Å². The van der Waals surface area contributed by atoms with Crippen LogP contribution < -0.4 is 0 Å².